The van der Waals surface area contributed by atoms with Crippen molar-refractivity contribution in [1.29, 1.82) is 0 Å². The second kappa shape index (κ2) is 14.2. The standard InChI is InChI=1S/C30H35N3O7/c1-37-24-13-12-22(18-26(24)38-2)28(30(36)31-19-23-10-6-16-39-23)33(15-14-21-8-4-3-5-9-21)27(34)20-32-29(35)25-11-7-17-40-25/h3-5,7-9,11-13,17-18,23,28H,6,10,14-16,19-20H2,1-2H3,(H,31,36)(H,32,35)/t23-,28-/m1/s1. The number of rotatable bonds is 13. The van der Waals surface area contributed by atoms with E-state index in [1.165, 1.54) is 31.4 Å². The molecule has 10 nitrogen and oxygen atoms in total. The first-order valence-corrected chi connectivity index (χ1v) is 13.3. The summed E-state index contributed by atoms with van der Waals surface area (Å²) >= 11 is 0. The van der Waals surface area contributed by atoms with E-state index < -0.39 is 17.9 Å². The Labute approximate surface area is 233 Å². The van der Waals surface area contributed by atoms with E-state index in [9.17, 15) is 14.4 Å². The number of hydrogen-bond acceptors (Lipinski definition) is 7. The number of methoxy groups -OCH3 is 2. The molecular formula is C30H35N3O7. The van der Waals surface area contributed by atoms with Crippen molar-refractivity contribution in [2.45, 2.75) is 31.4 Å². The van der Waals surface area contributed by atoms with Crippen LogP contribution >= 0.6 is 0 Å². The lowest BCUT2D eigenvalue weighted by molar-refractivity contribution is -0.140. The Morgan fingerprint density at radius 2 is 1.80 bits per heavy atom. The predicted octanol–water partition coefficient (Wildman–Crippen LogP) is 3.13. The van der Waals surface area contributed by atoms with Crippen molar-refractivity contribution in [3.8, 4) is 11.5 Å². The fraction of sp³-hybridized carbons (Fsp3) is 0.367. The molecule has 1 saturated heterocycles. The van der Waals surface area contributed by atoms with Crippen LogP contribution in [0.2, 0.25) is 0 Å². The van der Waals surface area contributed by atoms with Gasteiger partial charge in [0.05, 0.1) is 33.1 Å². The summed E-state index contributed by atoms with van der Waals surface area (Å²) in [6.45, 7) is 0.901. The number of nitrogens with zero attached hydrogens (tertiary/aromatic N) is 1. The Morgan fingerprint density at radius 1 is 1.00 bits per heavy atom. The predicted molar refractivity (Wildman–Crippen MR) is 147 cm³/mol. The molecule has 2 aromatic carbocycles. The van der Waals surface area contributed by atoms with Crippen LogP contribution in [0, 0.1) is 0 Å². The Morgan fingerprint density at radius 3 is 2.48 bits per heavy atom. The molecular weight excluding hydrogens is 514 g/mol. The van der Waals surface area contributed by atoms with Gasteiger partial charge >= 0.3 is 0 Å². The molecule has 0 radical (unpaired) electrons. The largest absolute Gasteiger partial charge is 0.493 e. The van der Waals surface area contributed by atoms with E-state index >= 15 is 0 Å². The van der Waals surface area contributed by atoms with E-state index in [4.69, 9.17) is 18.6 Å². The number of carbonyl (C=O) groups excluding carboxylic acids is 3. The summed E-state index contributed by atoms with van der Waals surface area (Å²) in [5.74, 6) is -0.290. The first kappa shape index (κ1) is 28.7. The number of nitrogens with one attached hydrogen (secondary N) is 2. The first-order valence-electron chi connectivity index (χ1n) is 13.3. The van der Waals surface area contributed by atoms with E-state index in [0.717, 1.165) is 18.4 Å². The second-order valence-corrected chi connectivity index (χ2v) is 9.38. The van der Waals surface area contributed by atoms with Crippen molar-refractivity contribution >= 4 is 17.7 Å². The summed E-state index contributed by atoms with van der Waals surface area (Å²) in [5, 5.41) is 5.58. The maximum Gasteiger partial charge on any atom is 0.287 e. The minimum absolute atomic E-state index is 0.0731. The Kier molecular flexibility index (Phi) is 10.2. The van der Waals surface area contributed by atoms with Crippen molar-refractivity contribution in [2.24, 2.45) is 0 Å². The van der Waals surface area contributed by atoms with Crippen LogP contribution in [0.25, 0.3) is 0 Å². The summed E-state index contributed by atoms with van der Waals surface area (Å²) in [4.78, 5) is 41.5. The molecule has 0 aliphatic carbocycles. The van der Waals surface area contributed by atoms with Gasteiger partial charge in [-0.2, -0.15) is 0 Å². The molecule has 1 fully saturated rings. The van der Waals surface area contributed by atoms with Gasteiger partial charge in [-0.1, -0.05) is 36.4 Å². The van der Waals surface area contributed by atoms with Gasteiger partial charge in [0, 0.05) is 19.7 Å². The molecule has 0 saturated carbocycles. The lowest BCUT2D eigenvalue weighted by Gasteiger charge is -2.32. The van der Waals surface area contributed by atoms with Crippen LogP contribution in [-0.2, 0) is 20.7 Å². The van der Waals surface area contributed by atoms with Crippen molar-refractivity contribution in [3.63, 3.8) is 0 Å². The molecule has 2 atom stereocenters. The van der Waals surface area contributed by atoms with Gasteiger partial charge < -0.3 is 34.2 Å². The third kappa shape index (κ3) is 7.41. The van der Waals surface area contributed by atoms with Crippen LogP contribution in [0.3, 0.4) is 0 Å². The molecule has 1 aromatic heterocycles. The molecule has 3 amide bonds. The van der Waals surface area contributed by atoms with Gasteiger partial charge in [0.25, 0.3) is 5.91 Å². The van der Waals surface area contributed by atoms with Crippen molar-refractivity contribution in [2.75, 3.05) is 40.5 Å². The summed E-state index contributed by atoms with van der Waals surface area (Å²) in [7, 11) is 3.04. The van der Waals surface area contributed by atoms with E-state index in [2.05, 4.69) is 10.6 Å². The highest BCUT2D eigenvalue weighted by atomic mass is 16.5. The number of benzene rings is 2. The zero-order chi connectivity index (χ0) is 28.3. The van der Waals surface area contributed by atoms with Gasteiger partial charge in [0.2, 0.25) is 11.8 Å². The quantitative estimate of drug-likeness (QED) is 0.336. The minimum atomic E-state index is -1.00. The van der Waals surface area contributed by atoms with E-state index in [0.29, 0.717) is 36.6 Å². The van der Waals surface area contributed by atoms with Crippen molar-refractivity contribution in [1.82, 2.24) is 15.5 Å². The zero-order valence-corrected chi connectivity index (χ0v) is 22.8. The summed E-state index contributed by atoms with van der Waals surface area (Å²) < 4.78 is 21.7. The Bertz CT molecular complexity index is 1260. The molecule has 4 rings (SSSR count). The molecule has 2 N–H and O–H groups in total. The van der Waals surface area contributed by atoms with Gasteiger partial charge in [-0.3, -0.25) is 14.4 Å². The smallest absolute Gasteiger partial charge is 0.287 e. The summed E-state index contributed by atoms with van der Waals surface area (Å²) in [6.07, 6.45) is 3.61. The SMILES string of the molecule is COc1ccc([C@H](C(=O)NC[C@H]2CCCO2)N(CCc2ccccc2)C(=O)CNC(=O)c2ccco2)cc1OC. The maximum atomic E-state index is 13.8. The molecule has 0 spiro atoms. The number of amides is 3. The molecule has 212 valence electrons. The van der Waals surface area contributed by atoms with E-state index in [-0.39, 0.29) is 30.9 Å². The monoisotopic (exact) mass is 549 g/mol. The lowest BCUT2D eigenvalue weighted by atomic mass is 10.0. The highest BCUT2D eigenvalue weighted by molar-refractivity contribution is 5.95. The van der Waals surface area contributed by atoms with Gasteiger partial charge in [0.15, 0.2) is 17.3 Å². The van der Waals surface area contributed by atoms with Crippen LogP contribution < -0.4 is 20.1 Å². The molecule has 2 heterocycles. The summed E-state index contributed by atoms with van der Waals surface area (Å²) in [5.41, 5.74) is 1.55. The fourth-order valence-electron chi connectivity index (χ4n) is 4.66. The molecule has 10 heteroatoms. The average Bonchev–Trinajstić information content (AvgIpc) is 3.72. The van der Waals surface area contributed by atoms with Crippen LogP contribution in [0.5, 0.6) is 11.5 Å². The van der Waals surface area contributed by atoms with Gasteiger partial charge in [-0.25, -0.2) is 0 Å². The van der Waals surface area contributed by atoms with Gasteiger partial charge in [0.1, 0.15) is 6.04 Å². The highest BCUT2D eigenvalue weighted by Gasteiger charge is 2.33. The fourth-order valence-corrected chi connectivity index (χ4v) is 4.66. The third-order valence-electron chi connectivity index (χ3n) is 6.76. The van der Waals surface area contributed by atoms with E-state index in [1.54, 1.807) is 24.3 Å². The molecule has 40 heavy (non-hydrogen) atoms. The number of carbonyl (C=O) groups is 3. The molecule has 3 aromatic rings. The Hall–Kier alpha value is -4.31. The van der Waals surface area contributed by atoms with Crippen molar-refractivity contribution in [3.05, 3.63) is 83.8 Å². The molecule has 1 aliphatic rings. The number of furan rings is 1. The number of ether oxygens (including phenoxy) is 3. The van der Waals surface area contributed by atoms with Crippen LogP contribution in [0.15, 0.2) is 71.3 Å². The number of hydrogen-bond donors (Lipinski definition) is 2. The van der Waals surface area contributed by atoms with Crippen LogP contribution in [0.4, 0.5) is 0 Å². The van der Waals surface area contributed by atoms with Gasteiger partial charge in [-0.15, -0.1) is 0 Å². The third-order valence-corrected chi connectivity index (χ3v) is 6.76. The van der Waals surface area contributed by atoms with E-state index in [1.807, 2.05) is 30.3 Å². The topological polar surface area (TPSA) is 119 Å². The average molecular weight is 550 g/mol. The molecule has 1 aliphatic heterocycles. The molecule has 0 bridgehead atoms. The Balaban J connectivity index is 1.63. The van der Waals surface area contributed by atoms with Crippen LogP contribution in [-0.4, -0.2) is 69.2 Å². The normalized spacial score (nSPS) is 15.2. The zero-order valence-electron chi connectivity index (χ0n) is 22.8. The second-order valence-electron chi connectivity index (χ2n) is 9.38. The van der Waals surface area contributed by atoms with Gasteiger partial charge in [-0.05, 0) is 54.7 Å². The highest BCUT2D eigenvalue weighted by Crippen LogP contribution is 2.32. The van der Waals surface area contributed by atoms with Crippen molar-refractivity contribution < 1.29 is 33.0 Å². The molecule has 0 unspecified atom stereocenters. The first-order chi connectivity index (χ1) is 19.5. The minimum Gasteiger partial charge on any atom is -0.493 e. The lowest BCUT2D eigenvalue weighted by Crippen LogP contribution is -2.49. The maximum absolute atomic E-state index is 13.8. The summed E-state index contributed by atoms with van der Waals surface area (Å²) in [6, 6.07) is 16.9. The van der Waals surface area contributed by atoms with Crippen LogP contribution in [0.1, 0.15) is 40.6 Å².